The second-order valence-electron chi connectivity index (χ2n) is 29.4. The molecule has 0 saturated heterocycles. The molecule has 0 unspecified atom stereocenters. The third-order valence-corrected chi connectivity index (χ3v) is 33.3. The van der Waals surface area contributed by atoms with E-state index in [0.717, 1.165) is 92.0 Å². The van der Waals surface area contributed by atoms with Gasteiger partial charge in [-0.3, -0.25) is 0 Å². The molecular formula is C116H97F9O3S6+6. The van der Waals surface area contributed by atoms with Gasteiger partial charge in [-0.05, 0) is 334 Å². The molecule has 0 radical (unpaired) electrons. The fraction of sp³-hybridized carbons (Fsp3) is 0.0690. The number of hydrogen-bond acceptors (Lipinski definition) is 3. The van der Waals surface area contributed by atoms with E-state index in [1.165, 1.54) is 112 Å². The van der Waals surface area contributed by atoms with Crippen LogP contribution < -0.4 is 9.47 Å². The number of alkyl halides is 3. The Morgan fingerprint density at radius 3 is 0.493 bits per heavy atom. The molecule has 0 N–H and O–H groups in total. The van der Waals surface area contributed by atoms with Crippen molar-refractivity contribution in [3.8, 4) is 11.5 Å². The zero-order valence-corrected chi connectivity index (χ0v) is 78.3. The minimum Gasteiger partial charge on any atom is -0.494 e. The number of unbranched alkanes of at least 4 members (excludes halogenated alkanes) is 1. The molecule has 3 nitrogen and oxygen atoms in total. The number of benzene rings is 18. The molecule has 0 saturated carbocycles. The smallest absolute Gasteiger partial charge is 0.416 e. The summed E-state index contributed by atoms with van der Waals surface area (Å²) in [7, 11) is -0.0283. The van der Waals surface area contributed by atoms with Gasteiger partial charge in [-0.2, -0.15) is 13.2 Å². The Morgan fingerprint density at radius 2 is 0.336 bits per heavy atom. The van der Waals surface area contributed by atoms with Crippen LogP contribution in [0.3, 0.4) is 0 Å². The number of halogens is 9. The molecule has 0 amide bonds. The van der Waals surface area contributed by atoms with Gasteiger partial charge in [0.05, 0.1) is 84.1 Å². The first-order chi connectivity index (χ1) is 65.5. The van der Waals surface area contributed by atoms with Crippen LogP contribution in [0.15, 0.2) is 579 Å². The van der Waals surface area contributed by atoms with Crippen molar-refractivity contribution in [2.24, 2.45) is 0 Å². The fourth-order valence-corrected chi connectivity index (χ4v) is 26.0. The maximum absolute atomic E-state index is 13.2. The van der Waals surface area contributed by atoms with Crippen molar-refractivity contribution in [1.82, 2.24) is 0 Å². The van der Waals surface area contributed by atoms with Crippen molar-refractivity contribution in [2.45, 2.75) is 114 Å². The van der Waals surface area contributed by atoms with Gasteiger partial charge in [0.15, 0.2) is 88.1 Å². The Bertz CT molecular complexity index is 5940. The lowest BCUT2D eigenvalue weighted by molar-refractivity contribution is -0.137. The highest BCUT2D eigenvalue weighted by Crippen LogP contribution is 2.40. The van der Waals surface area contributed by atoms with Gasteiger partial charge < -0.3 is 14.2 Å². The molecule has 0 aliphatic heterocycles. The first kappa shape index (κ1) is 98.5. The molecule has 0 aliphatic carbocycles. The van der Waals surface area contributed by atoms with E-state index < -0.39 is 33.5 Å². The monoisotopic (exact) mass is 1900 g/mol. The van der Waals surface area contributed by atoms with Crippen molar-refractivity contribution in [3.63, 3.8) is 0 Å². The number of methoxy groups -OCH3 is 1. The average Bonchev–Trinajstić information content (AvgIpc) is 0.781. The van der Waals surface area contributed by atoms with Crippen LogP contribution >= 0.6 is 0 Å². The summed E-state index contributed by atoms with van der Waals surface area (Å²) in [5, 5.41) is 0. The Morgan fingerprint density at radius 1 is 0.187 bits per heavy atom. The number of rotatable bonds is 26. The second-order valence-corrected chi connectivity index (χ2v) is 41.5. The second kappa shape index (κ2) is 51.9. The van der Waals surface area contributed by atoms with Gasteiger partial charge in [0, 0.05) is 7.11 Å². The summed E-state index contributed by atoms with van der Waals surface area (Å²) in [5.74, 6) is 0.182. The Hall–Kier alpha value is -13.0. The van der Waals surface area contributed by atoms with E-state index in [1.54, 1.807) is 79.9 Å². The van der Waals surface area contributed by atoms with E-state index in [0.29, 0.717) is 13.2 Å². The Labute approximate surface area is 797 Å². The summed E-state index contributed by atoms with van der Waals surface area (Å²) in [4.78, 5) is 20.4. The fourth-order valence-electron chi connectivity index (χ4n) is 13.6. The molecule has 0 atom stereocenters. The molecule has 0 aliphatic rings. The van der Waals surface area contributed by atoms with Gasteiger partial charge in [0.1, 0.15) is 53.0 Å². The van der Waals surface area contributed by atoms with E-state index in [-0.39, 0.29) is 78.5 Å². The van der Waals surface area contributed by atoms with Crippen molar-refractivity contribution >= 4 is 65.4 Å². The highest BCUT2D eigenvalue weighted by molar-refractivity contribution is 7.98. The van der Waals surface area contributed by atoms with Crippen molar-refractivity contribution < 1.29 is 53.7 Å². The predicted molar refractivity (Wildman–Crippen MR) is 531 cm³/mol. The molecule has 0 aromatic heterocycles. The van der Waals surface area contributed by atoms with Crippen LogP contribution in [0.5, 0.6) is 11.5 Å². The van der Waals surface area contributed by atoms with Gasteiger partial charge in [-0.1, -0.05) is 177 Å². The number of hydrogen-bond donors (Lipinski definition) is 0. The van der Waals surface area contributed by atoms with Crippen LogP contribution in [0.25, 0.3) is 0 Å². The van der Waals surface area contributed by atoms with Crippen molar-refractivity contribution in [1.29, 1.82) is 0 Å². The Balaban J connectivity index is 0.000000136. The molecule has 18 aromatic carbocycles. The highest BCUT2D eigenvalue weighted by atomic mass is 32.2. The lowest BCUT2D eigenvalue weighted by Crippen LogP contribution is -2.07. The molecule has 0 heterocycles. The van der Waals surface area contributed by atoms with Crippen molar-refractivity contribution in [2.75, 3.05) is 26.9 Å². The normalized spacial score (nSPS) is 10.9. The minimum atomic E-state index is -4.31. The summed E-state index contributed by atoms with van der Waals surface area (Å²) < 4.78 is 134. The lowest BCUT2D eigenvalue weighted by Gasteiger charge is -2.10. The van der Waals surface area contributed by atoms with Gasteiger partial charge in [0.25, 0.3) is 0 Å². The summed E-state index contributed by atoms with van der Waals surface area (Å²) >= 11 is 0. The zero-order chi connectivity index (χ0) is 93.5. The molecular weight excluding hydrogens is 1800 g/mol. The van der Waals surface area contributed by atoms with Gasteiger partial charge in [0.2, 0.25) is 0 Å². The van der Waals surface area contributed by atoms with Gasteiger partial charge >= 0.3 is 6.18 Å². The van der Waals surface area contributed by atoms with Crippen LogP contribution in [-0.4, -0.2) is 26.9 Å². The summed E-state index contributed by atoms with van der Waals surface area (Å²) in [6.45, 7) is 4.13. The largest absolute Gasteiger partial charge is 0.494 e. The Kier molecular flexibility index (Phi) is 38.1. The third kappa shape index (κ3) is 29.5. The topological polar surface area (TPSA) is 27.7 Å². The summed E-state index contributed by atoms with van der Waals surface area (Å²) in [6, 6.07) is 154. The first-order valence-electron chi connectivity index (χ1n) is 43.1. The van der Waals surface area contributed by atoms with Crippen LogP contribution in [0.2, 0.25) is 0 Å². The van der Waals surface area contributed by atoms with Crippen LogP contribution in [0, 0.1) is 34.9 Å². The number of ether oxygens (including phenoxy) is 3. The van der Waals surface area contributed by atoms with Crippen LogP contribution in [-0.2, 0) is 76.3 Å². The van der Waals surface area contributed by atoms with Crippen LogP contribution in [0.1, 0.15) is 25.3 Å². The zero-order valence-electron chi connectivity index (χ0n) is 73.4. The van der Waals surface area contributed by atoms with E-state index >= 15 is 0 Å². The van der Waals surface area contributed by atoms with Crippen molar-refractivity contribution in [3.05, 3.63) is 532 Å². The maximum Gasteiger partial charge on any atom is 0.416 e. The lowest BCUT2D eigenvalue weighted by atomic mass is 10.2. The molecule has 18 heteroatoms. The molecule has 0 fully saturated rings. The molecule has 0 bridgehead atoms. The highest BCUT2D eigenvalue weighted by Gasteiger charge is 2.36. The first-order valence-corrected chi connectivity index (χ1v) is 50.5. The van der Waals surface area contributed by atoms with Gasteiger partial charge in [-0.25, -0.2) is 26.3 Å². The molecule has 672 valence electrons. The minimum absolute atomic E-state index is 0.0858. The van der Waals surface area contributed by atoms with Gasteiger partial charge in [-0.15, -0.1) is 0 Å². The van der Waals surface area contributed by atoms with E-state index in [9.17, 15) is 39.5 Å². The van der Waals surface area contributed by atoms with E-state index in [2.05, 4.69) is 189 Å². The van der Waals surface area contributed by atoms with E-state index in [1.807, 2.05) is 152 Å². The van der Waals surface area contributed by atoms with Crippen LogP contribution in [0.4, 0.5) is 39.5 Å². The quantitative estimate of drug-likeness (QED) is 0.0307. The standard InChI is InChI=1S/C22H23OS.C21H21O2S.C19H14F3S.C18H12F3S.C18H13F2S.C18H14FS/c1-2-3-18-23-19-14-16-22(17-15-19)24(20-10-6-4-7-11-20)21-12-8-5-9-13-21;1-22-16-17-23-18-12-14-21(15-13-18)24(19-8-4-2-5-9-19)20-10-6-3-7-11-20;20-19(21,22)15-11-13-18(14-12-15)23(16-7-3-1-4-8-16)17-9-5-2-6-10-17;19-13-1-7-16(8-2-13)22(17-9-3-14(20)4-10-17)18-11-5-15(21)6-12-18;19-14-6-10-17(11-7-14)21(16-4-2-1-3-5-16)18-12-8-15(20)9-13-18;19-15-11-13-18(14-12-15)20(16-7-3-1-4-8-16)17-9-5-2-6-10-17/h4-17H,2-3,18H2,1H3;2-15H,16-17H2,1H3;1-14H;1-12H;1-13H;1-14H/q6*+1. The molecule has 18 aromatic rings. The molecule has 18 rings (SSSR count). The summed E-state index contributed by atoms with van der Waals surface area (Å²) in [5.41, 5.74) is -0.620. The average molecular weight is 1900 g/mol. The summed E-state index contributed by atoms with van der Waals surface area (Å²) in [6.07, 6.45) is -2.06. The molecule has 134 heavy (non-hydrogen) atoms. The SMILES string of the molecule is CCCCOc1ccc([S+](c2ccccc2)c2ccccc2)cc1.COCCOc1ccc([S+](c2ccccc2)c2ccccc2)cc1.FC(F)(F)c1ccc([S+](c2ccccc2)c2ccccc2)cc1.Fc1ccc([S+](c2ccc(F)cc2)c2ccc(F)cc2)cc1.Fc1ccc([S+](c2ccccc2)c2ccc(F)cc2)cc1.Fc1ccc([S+](c2ccccc2)c2ccccc2)cc1. The predicted octanol–water partition coefficient (Wildman–Crippen LogP) is 31.7. The maximum atomic E-state index is 13.2. The third-order valence-electron chi connectivity index (χ3n) is 20.0. The van der Waals surface area contributed by atoms with E-state index in [4.69, 9.17) is 14.2 Å². The molecule has 0 spiro atoms.